The number of carbonyl (C=O) groups excluding carboxylic acids is 3. The number of quaternary nitrogens is 1. The van der Waals surface area contributed by atoms with Gasteiger partial charge in [0.05, 0.1) is 11.3 Å². The van der Waals surface area contributed by atoms with E-state index in [1.165, 1.54) is 0 Å². The standard InChI is InChI=1S/C19H22N4O3/c1-13-6-5-7-14(10-13)22-19(26)15-8-3-4-9-16(15)23-18(25)12-21-11-17(24)20-2/h3-10,21H,11-12H2,1-2H3,(H,20,24)(H,22,26)(H,23,25)/p+1. The number of hydrogen-bond acceptors (Lipinski definition) is 3. The van der Waals surface area contributed by atoms with Gasteiger partial charge in [-0.2, -0.15) is 0 Å². The summed E-state index contributed by atoms with van der Waals surface area (Å²) in [7, 11) is 1.54. The Morgan fingerprint density at radius 1 is 0.923 bits per heavy atom. The minimum absolute atomic E-state index is 0.0846. The largest absolute Gasteiger partial charge is 0.354 e. The molecule has 0 heterocycles. The molecule has 2 aromatic rings. The molecule has 26 heavy (non-hydrogen) atoms. The van der Waals surface area contributed by atoms with E-state index in [0.717, 1.165) is 5.56 Å². The van der Waals surface area contributed by atoms with E-state index in [9.17, 15) is 14.4 Å². The molecular formula is C19H23N4O3+. The van der Waals surface area contributed by atoms with Crippen molar-refractivity contribution < 1.29 is 19.7 Å². The molecule has 0 aliphatic heterocycles. The Hall–Kier alpha value is -3.19. The van der Waals surface area contributed by atoms with Gasteiger partial charge in [0.15, 0.2) is 13.1 Å². The summed E-state index contributed by atoms with van der Waals surface area (Å²) < 4.78 is 0. The lowest BCUT2D eigenvalue weighted by Crippen LogP contribution is -2.88. The Morgan fingerprint density at radius 2 is 1.65 bits per heavy atom. The van der Waals surface area contributed by atoms with Gasteiger partial charge in [0.2, 0.25) is 0 Å². The van der Waals surface area contributed by atoms with Crippen molar-refractivity contribution in [2.45, 2.75) is 6.92 Å². The molecule has 7 heteroatoms. The Balaban J connectivity index is 2.01. The minimum atomic E-state index is -0.305. The number of amides is 3. The molecule has 0 aromatic heterocycles. The Morgan fingerprint density at radius 3 is 2.38 bits per heavy atom. The summed E-state index contributed by atoms with van der Waals surface area (Å²) in [6.45, 7) is 2.19. The number of hydrogen-bond donors (Lipinski definition) is 4. The van der Waals surface area contributed by atoms with Crippen LogP contribution in [-0.2, 0) is 9.59 Å². The molecule has 0 fully saturated rings. The van der Waals surface area contributed by atoms with Crippen molar-refractivity contribution in [1.82, 2.24) is 5.32 Å². The molecule has 7 nitrogen and oxygen atoms in total. The minimum Gasteiger partial charge on any atom is -0.354 e. The van der Waals surface area contributed by atoms with E-state index in [-0.39, 0.29) is 30.8 Å². The van der Waals surface area contributed by atoms with E-state index in [0.29, 0.717) is 16.9 Å². The van der Waals surface area contributed by atoms with E-state index >= 15 is 0 Å². The van der Waals surface area contributed by atoms with Crippen LogP contribution in [0.3, 0.4) is 0 Å². The van der Waals surface area contributed by atoms with Crippen molar-refractivity contribution in [3.05, 3.63) is 59.7 Å². The molecule has 0 aliphatic carbocycles. The first-order valence-corrected chi connectivity index (χ1v) is 8.28. The van der Waals surface area contributed by atoms with E-state index < -0.39 is 0 Å². The van der Waals surface area contributed by atoms with Gasteiger partial charge in [0.1, 0.15) is 0 Å². The summed E-state index contributed by atoms with van der Waals surface area (Å²) in [5.41, 5.74) is 2.52. The molecule has 0 bridgehead atoms. The highest BCUT2D eigenvalue weighted by atomic mass is 16.2. The highest BCUT2D eigenvalue weighted by Crippen LogP contribution is 2.18. The van der Waals surface area contributed by atoms with Crippen LogP contribution in [0.4, 0.5) is 11.4 Å². The van der Waals surface area contributed by atoms with Crippen LogP contribution in [0, 0.1) is 6.92 Å². The second kappa shape index (κ2) is 9.33. The predicted molar refractivity (Wildman–Crippen MR) is 99.9 cm³/mol. The number of benzene rings is 2. The van der Waals surface area contributed by atoms with E-state index in [2.05, 4.69) is 16.0 Å². The van der Waals surface area contributed by atoms with Gasteiger partial charge in [-0.05, 0) is 36.8 Å². The third-order valence-corrected chi connectivity index (χ3v) is 3.66. The Kier molecular flexibility index (Phi) is 6.87. The van der Waals surface area contributed by atoms with Gasteiger partial charge in [-0.25, -0.2) is 0 Å². The van der Waals surface area contributed by atoms with Crippen LogP contribution in [-0.4, -0.2) is 37.9 Å². The fourth-order valence-electron chi connectivity index (χ4n) is 2.35. The molecule has 0 unspecified atom stereocenters. The summed E-state index contributed by atoms with van der Waals surface area (Å²) in [6.07, 6.45) is 0. The quantitative estimate of drug-likeness (QED) is 0.581. The molecule has 0 atom stereocenters. The number of rotatable bonds is 7. The summed E-state index contributed by atoms with van der Waals surface area (Å²) in [5, 5.41) is 9.62. The number of anilines is 2. The lowest BCUT2D eigenvalue weighted by atomic mass is 10.1. The fraction of sp³-hybridized carbons (Fsp3) is 0.211. The number of para-hydroxylation sites is 1. The third kappa shape index (κ3) is 5.71. The van der Waals surface area contributed by atoms with Gasteiger partial charge in [-0.15, -0.1) is 0 Å². The molecule has 0 saturated heterocycles. The monoisotopic (exact) mass is 355 g/mol. The van der Waals surface area contributed by atoms with Crippen molar-refractivity contribution >= 4 is 29.1 Å². The summed E-state index contributed by atoms with van der Waals surface area (Å²) >= 11 is 0. The van der Waals surface area contributed by atoms with E-state index in [1.54, 1.807) is 42.7 Å². The molecule has 5 N–H and O–H groups in total. The Labute approximate surface area is 152 Å². The van der Waals surface area contributed by atoms with Crippen molar-refractivity contribution in [3.8, 4) is 0 Å². The van der Waals surface area contributed by atoms with Crippen molar-refractivity contribution in [3.63, 3.8) is 0 Å². The number of nitrogens with two attached hydrogens (primary N) is 1. The predicted octanol–water partition coefficient (Wildman–Crippen LogP) is 0.495. The topological polar surface area (TPSA) is 104 Å². The van der Waals surface area contributed by atoms with Gasteiger partial charge in [0.25, 0.3) is 17.7 Å². The lowest BCUT2D eigenvalue weighted by molar-refractivity contribution is -0.632. The molecular weight excluding hydrogens is 332 g/mol. The summed E-state index contributed by atoms with van der Waals surface area (Å²) in [4.78, 5) is 35.8. The van der Waals surface area contributed by atoms with Crippen LogP contribution >= 0.6 is 0 Å². The second-order valence-corrected chi connectivity index (χ2v) is 5.79. The maximum atomic E-state index is 12.5. The molecule has 2 aromatic carbocycles. The number of nitrogens with one attached hydrogen (secondary N) is 3. The second-order valence-electron chi connectivity index (χ2n) is 5.79. The molecule has 0 spiro atoms. The zero-order valence-corrected chi connectivity index (χ0v) is 14.8. The molecule has 0 saturated carbocycles. The first-order valence-electron chi connectivity index (χ1n) is 8.28. The summed E-state index contributed by atoms with van der Waals surface area (Å²) in [5.74, 6) is -0.749. The van der Waals surface area contributed by atoms with Crippen LogP contribution < -0.4 is 21.3 Å². The first kappa shape index (κ1) is 19.1. The van der Waals surface area contributed by atoms with Crippen molar-refractivity contribution in [1.29, 1.82) is 0 Å². The number of aryl methyl sites for hydroxylation is 1. The van der Waals surface area contributed by atoms with Crippen LogP contribution in [0.2, 0.25) is 0 Å². The zero-order chi connectivity index (χ0) is 18.9. The van der Waals surface area contributed by atoms with Gasteiger partial charge >= 0.3 is 0 Å². The van der Waals surface area contributed by atoms with Gasteiger partial charge in [-0.3, -0.25) is 14.4 Å². The van der Waals surface area contributed by atoms with Crippen LogP contribution in [0.25, 0.3) is 0 Å². The fourth-order valence-corrected chi connectivity index (χ4v) is 2.35. The van der Waals surface area contributed by atoms with E-state index in [1.807, 2.05) is 25.1 Å². The third-order valence-electron chi connectivity index (χ3n) is 3.66. The molecule has 0 radical (unpaired) electrons. The normalized spacial score (nSPS) is 10.1. The number of likely N-dealkylation sites (N-methyl/N-ethyl adjacent to an activating group) is 1. The maximum Gasteiger partial charge on any atom is 0.279 e. The smallest absolute Gasteiger partial charge is 0.279 e. The average Bonchev–Trinajstić information content (AvgIpc) is 2.62. The van der Waals surface area contributed by atoms with Crippen LogP contribution in [0.1, 0.15) is 15.9 Å². The first-order chi connectivity index (χ1) is 12.5. The lowest BCUT2D eigenvalue weighted by Gasteiger charge is -2.11. The van der Waals surface area contributed by atoms with Crippen LogP contribution in [0.5, 0.6) is 0 Å². The van der Waals surface area contributed by atoms with Gasteiger partial charge in [-0.1, -0.05) is 24.3 Å². The Bertz CT molecular complexity index is 805. The van der Waals surface area contributed by atoms with E-state index in [4.69, 9.17) is 0 Å². The molecule has 136 valence electrons. The highest BCUT2D eigenvalue weighted by molar-refractivity contribution is 6.10. The molecule has 0 aliphatic rings. The molecule has 3 amide bonds. The van der Waals surface area contributed by atoms with Crippen LogP contribution in [0.15, 0.2) is 48.5 Å². The van der Waals surface area contributed by atoms with Crippen molar-refractivity contribution in [2.24, 2.45) is 0 Å². The SMILES string of the molecule is CNC(=O)C[NH2+]CC(=O)Nc1ccccc1C(=O)Nc1cccc(C)c1. The highest BCUT2D eigenvalue weighted by Gasteiger charge is 2.14. The number of carbonyl (C=O) groups is 3. The van der Waals surface area contributed by atoms with Gasteiger partial charge in [0, 0.05) is 12.7 Å². The summed E-state index contributed by atoms with van der Waals surface area (Å²) in [6, 6.07) is 14.3. The van der Waals surface area contributed by atoms with Gasteiger partial charge < -0.3 is 21.3 Å². The maximum absolute atomic E-state index is 12.5. The molecule has 2 rings (SSSR count). The average molecular weight is 355 g/mol. The van der Waals surface area contributed by atoms with Crippen molar-refractivity contribution in [2.75, 3.05) is 30.8 Å². The zero-order valence-electron chi connectivity index (χ0n) is 14.8.